The smallest absolute Gasteiger partial charge is 0.240 e. The topological polar surface area (TPSA) is 63.2 Å². The zero-order chi connectivity index (χ0) is 16.8. The quantitative estimate of drug-likeness (QED) is 0.758. The number of benzene rings is 1. The molecule has 5 nitrogen and oxygen atoms in total. The summed E-state index contributed by atoms with van der Waals surface area (Å²) in [4.78, 5) is 16.8. The summed E-state index contributed by atoms with van der Waals surface area (Å²) < 4.78 is 5.50. The van der Waals surface area contributed by atoms with Crippen molar-refractivity contribution in [3.8, 4) is 0 Å². The Morgan fingerprint density at radius 3 is 2.81 bits per heavy atom. The number of hydrogen-bond acceptors (Lipinski definition) is 5. The molecule has 1 saturated heterocycles. The monoisotopic (exact) mass is 417 g/mol. The van der Waals surface area contributed by atoms with Crippen molar-refractivity contribution < 1.29 is 9.53 Å². The Kier molecular flexibility index (Phi) is 10.1. The molecule has 2 aromatic rings. The van der Waals surface area contributed by atoms with E-state index in [2.05, 4.69) is 39.9 Å². The number of rotatable bonds is 6. The minimum absolute atomic E-state index is 0. The highest BCUT2D eigenvalue weighted by molar-refractivity contribution is 7.09. The molecule has 1 aromatic carbocycles. The third-order valence-corrected chi connectivity index (χ3v) is 5.07. The molecular formula is C18H25Cl2N3O2S. The molecular weight excluding hydrogens is 393 g/mol. The number of nitrogens with zero attached hydrogens (tertiary/aromatic N) is 1. The highest BCUT2D eigenvalue weighted by Gasteiger charge is 2.27. The van der Waals surface area contributed by atoms with Gasteiger partial charge in [-0.2, -0.15) is 0 Å². The first-order chi connectivity index (χ1) is 11.7. The van der Waals surface area contributed by atoms with E-state index in [4.69, 9.17) is 4.74 Å². The van der Waals surface area contributed by atoms with Crippen LogP contribution in [-0.4, -0.2) is 36.2 Å². The van der Waals surface area contributed by atoms with Crippen LogP contribution in [0, 0.1) is 0 Å². The highest BCUT2D eigenvalue weighted by atomic mass is 35.5. The Balaban J connectivity index is 0.00000169. The van der Waals surface area contributed by atoms with Gasteiger partial charge in [0, 0.05) is 18.3 Å². The van der Waals surface area contributed by atoms with Gasteiger partial charge in [0.15, 0.2) is 0 Å². The van der Waals surface area contributed by atoms with Gasteiger partial charge in [0.1, 0.15) is 6.04 Å². The van der Waals surface area contributed by atoms with E-state index in [-0.39, 0.29) is 42.9 Å². The Morgan fingerprint density at radius 1 is 1.31 bits per heavy atom. The van der Waals surface area contributed by atoms with Crippen molar-refractivity contribution >= 4 is 42.1 Å². The van der Waals surface area contributed by atoms with Crippen LogP contribution in [0.1, 0.15) is 23.2 Å². The summed E-state index contributed by atoms with van der Waals surface area (Å²) in [5.74, 6) is -0.0268. The fraction of sp³-hybridized carbons (Fsp3) is 0.444. The van der Waals surface area contributed by atoms with Gasteiger partial charge in [-0.05, 0) is 18.9 Å². The predicted octanol–water partition coefficient (Wildman–Crippen LogP) is 2.77. The number of aromatic nitrogens is 1. The molecule has 3 rings (SSSR count). The first kappa shape index (κ1) is 22.9. The molecule has 2 atom stereocenters. The molecule has 0 spiro atoms. The molecule has 0 unspecified atom stereocenters. The van der Waals surface area contributed by atoms with E-state index in [1.165, 1.54) is 5.56 Å². The minimum Gasteiger partial charge on any atom is -0.375 e. The van der Waals surface area contributed by atoms with Crippen LogP contribution < -0.4 is 10.6 Å². The molecule has 2 heterocycles. The standard InChI is InChI=1S/C18H23N3O2S.2ClH/c1-13-17(19-9-10-23-13)18(22)20-11-15-12-24-16(21-15)8-7-14-5-3-2-4-6-14;;/h2-6,12-13,17,19H,7-11H2,1H3,(H,20,22);2*1H/t13-,17+;;/m1../s1. The van der Waals surface area contributed by atoms with E-state index in [1.807, 2.05) is 18.4 Å². The summed E-state index contributed by atoms with van der Waals surface area (Å²) in [6.07, 6.45) is 1.81. The number of amides is 1. The van der Waals surface area contributed by atoms with Gasteiger partial charge < -0.3 is 15.4 Å². The lowest BCUT2D eigenvalue weighted by atomic mass is 10.1. The molecule has 1 aliphatic rings. The van der Waals surface area contributed by atoms with Crippen molar-refractivity contribution in [1.82, 2.24) is 15.6 Å². The SMILES string of the molecule is C[C@H]1OCCN[C@@H]1C(=O)NCc1csc(CCc2ccccc2)n1.Cl.Cl. The average Bonchev–Trinajstić information content (AvgIpc) is 3.07. The Labute approximate surface area is 170 Å². The number of morpholine rings is 1. The van der Waals surface area contributed by atoms with Crippen LogP contribution in [0.5, 0.6) is 0 Å². The number of hydrogen-bond donors (Lipinski definition) is 2. The number of carbonyl (C=O) groups excluding carboxylic acids is 1. The molecule has 1 aliphatic heterocycles. The highest BCUT2D eigenvalue weighted by Crippen LogP contribution is 2.13. The molecule has 8 heteroatoms. The van der Waals surface area contributed by atoms with Gasteiger partial charge >= 0.3 is 0 Å². The normalized spacial score (nSPS) is 19.1. The second kappa shape index (κ2) is 11.5. The van der Waals surface area contributed by atoms with Gasteiger partial charge in [0.05, 0.1) is 30.0 Å². The Bertz CT molecular complexity index is 669. The Hall–Kier alpha value is -1.18. The number of carbonyl (C=O) groups is 1. The number of nitrogens with one attached hydrogen (secondary N) is 2. The van der Waals surface area contributed by atoms with Crippen LogP contribution in [0.25, 0.3) is 0 Å². The van der Waals surface area contributed by atoms with Crippen LogP contribution in [0.3, 0.4) is 0 Å². The molecule has 2 N–H and O–H groups in total. The first-order valence-electron chi connectivity index (χ1n) is 8.32. The van der Waals surface area contributed by atoms with E-state index in [0.29, 0.717) is 19.7 Å². The maximum absolute atomic E-state index is 12.2. The fourth-order valence-electron chi connectivity index (χ4n) is 2.76. The summed E-state index contributed by atoms with van der Waals surface area (Å²) in [6, 6.07) is 10.1. The molecule has 26 heavy (non-hydrogen) atoms. The molecule has 0 bridgehead atoms. The minimum atomic E-state index is -0.282. The number of ether oxygens (including phenoxy) is 1. The number of halogens is 2. The first-order valence-corrected chi connectivity index (χ1v) is 9.20. The zero-order valence-electron chi connectivity index (χ0n) is 14.6. The lowest BCUT2D eigenvalue weighted by Crippen LogP contribution is -2.55. The molecule has 1 amide bonds. The maximum atomic E-state index is 12.2. The largest absolute Gasteiger partial charge is 0.375 e. The lowest BCUT2D eigenvalue weighted by molar-refractivity contribution is -0.129. The molecule has 144 valence electrons. The van der Waals surface area contributed by atoms with E-state index in [0.717, 1.165) is 23.5 Å². The van der Waals surface area contributed by atoms with Crippen molar-refractivity contribution in [3.63, 3.8) is 0 Å². The second-order valence-electron chi connectivity index (χ2n) is 5.94. The van der Waals surface area contributed by atoms with Crippen molar-refractivity contribution in [2.45, 2.75) is 38.5 Å². The molecule has 0 aliphatic carbocycles. The van der Waals surface area contributed by atoms with E-state index in [1.54, 1.807) is 11.3 Å². The van der Waals surface area contributed by atoms with Crippen molar-refractivity contribution in [2.75, 3.05) is 13.2 Å². The van der Waals surface area contributed by atoms with Crippen molar-refractivity contribution in [1.29, 1.82) is 0 Å². The average molecular weight is 418 g/mol. The Morgan fingerprint density at radius 2 is 2.08 bits per heavy atom. The van der Waals surface area contributed by atoms with Crippen molar-refractivity contribution in [2.24, 2.45) is 0 Å². The summed E-state index contributed by atoms with van der Waals surface area (Å²) >= 11 is 1.65. The predicted molar refractivity (Wildman–Crippen MR) is 110 cm³/mol. The maximum Gasteiger partial charge on any atom is 0.240 e. The zero-order valence-corrected chi connectivity index (χ0v) is 17.1. The van der Waals surface area contributed by atoms with Gasteiger partial charge in [0.25, 0.3) is 0 Å². The van der Waals surface area contributed by atoms with Crippen LogP contribution in [-0.2, 0) is 28.9 Å². The van der Waals surface area contributed by atoms with Gasteiger partial charge in [-0.15, -0.1) is 36.2 Å². The van der Waals surface area contributed by atoms with Gasteiger partial charge in [0.2, 0.25) is 5.91 Å². The molecule has 0 saturated carbocycles. The van der Waals surface area contributed by atoms with Crippen LogP contribution >= 0.6 is 36.2 Å². The van der Waals surface area contributed by atoms with Crippen LogP contribution in [0.4, 0.5) is 0 Å². The van der Waals surface area contributed by atoms with E-state index >= 15 is 0 Å². The molecule has 1 aromatic heterocycles. The van der Waals surface area contributed by atoms with Crippen LogP contribution in [0.15, 0.2) is 35.7 Å². The summed E-state index contributed by atoms with van der Waals surface area (Å²) in [7, 11) is 0. The fourth-order valence-corrected chi connectivity index (χ4v) is 3.55. The summed E-state index contributed by atoms with van der Waals surface area (Å²) in [5.41, 5.74) is 2.24. The van der Waals surface area contributed by atoms with Crippen LogP contribution in [0.2, 0.25) is 0 Å². The lowest BCUT2D eigenvalue weighted by Gasteiger charge is -2.29. The van der Waals surface area contributed by atoms with E-state index in [9.17, 15) is 4.79 Å². The van der Waals surface area contributed by atoms with Crippen molar-refractivity contribution in [3.05, 3.63) is 52.0 Å². The third kappa shape index (κ3) is 6.52. The van der Waals surface area contributed by atoms with Gasteiger partial charge in [-0.3, -0.25) is 4.79 Å². The third-order valence-electron chi connectivity index (χ3n) is 4.11. The van der Waals surface area contributed by atoms with Gasteiger partial charge in [-0.25, -0.2) is 4.98 Å². The number of thiazole rings is 1. The molecule has 1 fully saturated rings. The second-order valence-corrected chi connectivity index (χ2v) is 6.89. The summed E-state index contributed by atoms with van der Waals surface area (Å²) in [6.45, 7) is 3.75. The summed E-state index contributed by atoms with van der Waals surface area (Å²) in [5, 5.41) is 9.27. The molecule has 0 radical (unpaired) electrons. The number of aryl methyl sites for hydroxylation is 2. The van der Waals surface area contributed by atoms with E-state index < -0.39 is 0 Å². The van der Waals surface area contributed by atoms with Gasteiger partial charge in [-0.1, -0.05) is 30.3 Å².